The molecule has 0 atom stereocenters. The maximum Gasteiger partial charge on any atom is 0.254 e. The number of carbonyl (C=O) groups excluding carboxylic acids is 1. The fourth-order valence-corrected chi connectivity index (χ4v) is 1.45. The van der Waals surface area contributed by atoms with E-state index in [-0.39, 0.29) is 6.54 Å². The highest BCUT2D eigenvalue weighted by Crippen LogP contribution is 2.15. The molecule has 18 heavy (non-hydrogen) atoms. The maximum absolute atomic E-state index is 13.3. The number of carbonyl (C=O) groups is 1. The van der Waals surface area contributed by atoms with Gasteiger partial charge in [0.15, 0.2) is 17.5 Å². The lowest BCUT2D eigenvalue weighted by Gasteiger charge is -2.05. The molecule has 6 heteroatoms. The van der Waals surface area contributed by atoms with Crippen molar-refractivity contribution >= 4 is 5.91 Å². The van der Waals surface area contributed by atoms with E-state index in [4.69, 9.17) is 0 Å². The normalized spacial score (nSPS) is 10.4. The Hall–Kier alpha value is -2.24. The fraction of sp³-hybridized carbons (Fsp3) is 0.0833. The van der Waals surface area contributed by atoms with Gasteiger partial charge in [0.05, 0.1) is 5.56 Å². The van der Waals surface area contributed by atoms with E-state index in [0.29, 0.717) is 6.07 Å². The first-order valence-corrected chi connectivity index (χ1v) is 5.13. The molecule has 0 spiro atoms. The predicted octanol–water partition coefficient (Wildman–Crippen LogP) is 2.36. The van der Waals surface area contributed by atoms with E-state index in [1.54, 1.807) is 18.5 Å². The fourth-order valence-electron chi connectivity index (χ4n) is 1.45. The Balaban J connectivity index is 2.12. The van der Waals surface area contributed by atoms with Crippen LogP contribution in [0.1, 0.15) is 15.9 Å². The average Bonchev–Trinajstić information content (AvgIpc) is 2.86. The Bertz CT molecular complexity index is 567. The predicted molar refractivity (Wildman–Crippen MR) is 58.3 cm³/mol. The van der Waals surface area contributed by atoms with Crippen molar-refractivity contribution < 1.29 is 18.0 Å². The summed E-state index contributed by atoms with van der Waals surface area (Å²) < 4.78 is 38.9. The molecule has 0 fully saturated rings. The van der Waals surface area contributed by atoms with Crippen molar-refractivity contribution in [2.24, 2.45) is 0 Å². The number of nitrogens with one attached hydrogen (secondary N) is 2. The number of aromatic amines is 1. The number of aromatic nitrogens is 1. The van der Waals surface area contributed by atoms with Gasteiger partial charge in [-0.05, 0) is 23.8 Å². The minimum Gasteiger partial charge on any atom is -0.367 e. The molecule has 1 aromatic heterocycles. The summed E-state index contributed by atoms with van der Waals surface area (Å²) in [5.74, 6) is -5.26. The zero-order valence-electron chi connectivity index (χ0n) is 9.14. The van der Waals surface area contributed by atoms with Crippen LogP contribution in [0, 0.1) is 17.5 Å². The second kappa shape index (κ2) is 4.95. The average molecular weight is 254 g/mol. The summed E-state index contributed by atoms with van der Waals surface area (Å²) in [5.41, 5.74) is 0.260. The lowest BCUT2D eigenvalue weighted by atomic mass is 10.2. The van der Waals surface area contributed by atoms with E-state index in [1.165, 1.54) is 0 Å². The zero-order valence-corrected chi connectivity index (χ0v) is 9.14. The van der Waals surface area contributed by atoms with Crippen molar-refractivity contribution in [3.63, 3.8) is 0 Å². The molecule has 94 valence electrons. The summed E-state index contributed by atoms with van der Waals surface area (Å²) in [6, 6.07) is 3.34. The number of hydrogen-bond donors (Lipinski definition) is 2. The molecular weight excluding hydrogens is 245 g/mol. The van der Waals surface area contributed by atoms with Crippen LogP contribution in [0.4, 0.5) is 13.2 Å². The highest BCUT2D eigenvalue weighted by atomic mass is 19.2. The molecular formula is C12H9F3N2O. The quantitative estimate of drug-likeness (QED) is 0.811. The van der Waals surface area contributed by atoms with Gasteiger partial charge in [-0.15, -0.1) is 0 Å². The number of rotatable bonds is 3. The van der Waals surface area contributed by atoms with Gasteiger partial charge in [0.25, 0.3) is 5.91 Å². The minimum atomic E-state index is -1.65. The van der Waals surface area contributed by atoms with Crippen LogP contribution in [0.3, 0.4) is 0 Å². The molecule has 0 radical (unpaired) electrons. The summed E-state index contributed by atoms with van der Waals surface area (Å²) in [6.45, 7) is 0.167. The van der Waals surface area contributed by atoms with Gasteiger partial charge in [-0.2, -0.15) is 0 Å². The Kier molecular flexibility index (Phi) is 3.36. The molecule has 2 rings (SSSR count). The third kappa shape index (κ3) is 2.37. The van der Waals surface area contributed by atoms with Crippen molar-refractivity contribution in [3.05, 3.63) is 59.2 Å². The first-order valence-electron chi connectivity index (χ1n) is 5.13. The van der Waals surface area contributed by atoms with E-state index < -0.39 is 28.9 Å². The summed E-state index contributed by atoms with van der Waals surface area (Å²) in [7, 11) is 0. The lowest BCUT2D eigenvalue weighted by molar-refractivity contribution is 0.0945. The lowest BCUT2D eigenvalue weighted by Crippen LogP contribution is -2.24. The molecule has 1 amide bonds. The molecule has 0 aliphatic rings. The largest absolute Gasteiger partial charge is 0.367 e. The van der Waals surface area contributed by atoms with Gasteiger partial charge >= 0.3 is 0 Å². The standard InChI is InChI=1S/C12H9F3N2O/c13-9-2-1-8(10(14)11(9)15)12(18)17-6-7-3-4-16-5-7/h1-5,16H,6H2,(H,17,18). The van der Waals surface area contributed by atoms with E-state index in [1.807, 2.05) is 0 Å². The number of H-pyrrole nitrogens is 1. The molecule has 3 nitrogen and oxygen atoms in total. The molecule has 0 aliphatic carbocycles. The second-order valence-electron chi connectivity index (χ2n) is 3.62. The third-order valence-electron chi connectivity index (χ3n) is 2.40. The van der Waals surface area contributed by atoms with Gasteiger partial charge in [0, 0.05) is 18.9 Å². The van der Waals surface area contributed by atoms with Crippen molar-refractivity contribution in [2.45, 2.75) is 6.54 Å². The molecule has 0 saturated heterocycles. The zero-order chi connectivity index (χ0) is 13.1. The molecule has 0 saturated carbocycles. The van der Waals surface area contributed by atoms with Crippen LogP contribution >= 0.6 is 0 Å². The van der Waals surface area contributed by atoms with Gasteiger partial charge in [-0.25, -0.2) is 13.2 Å². The van der Waals surface area contributed by atoms with Crippen LogP contribution < -0.4 is 5.32 Å². The van der Waals surface area contributed by atoms with Gasteiger partial charge in [-0.1, -0.05) is 0 Å². The molecule has 1 heterocycles. The highest BCUT2D eigenvalue weighted by Gasteiger charge is 2.18. The Morgan fingerprint density at radius 3 is 2.61 bits per heavy atom. The summed E-state index contributed by atoms with van der Waals surface area (Å²) in [6.07, 6.45) is 3.32. The highest BCUT2D eigenvalue weighted by molar-refractivity contribution is 5.94. The SMILES string of the molecule is O=C(NCc1cc[nH]c1)c1ccc(F)c(F)c1F. The van der Waals surface area contributed by atoms with E-state index in [9.17, 15) is 18.0 Å². The third-order valence-corrected chi connectivity index (χ3v) is 2.40. The van der Waals surface area contributed by atoms with Gasteiger partial charge in [-0.3, -0.25) is 4.79 Å². The first-order chi connectivity index (χ1) is 8.59. The van der Waals surface area contributed by atoms with E-state index in [0.717, 1.165) is 11.6 Å². The van der Waals surface area contributed by atoms with Crippen LogP contribution in [0.15, 0.2) is 30.6 Å². The molecule has 1 aromatic carbocycles. The number of amides is 1. The minimum absolute atomic E-state index is 0.167. The Labute approximate surface area is 101 Å². The smallest absolute Gasteiger partial charge is 0.254 e. The Morgan fingerprint density at radius 1 is 1.17 bits per heavy atom. The number of hydrogen-bond acceptors (Lipinski definition) is 1. The van der Waals surface area contributed by atoms with Gasteiger partial charge < -0.3 is 10.3 Å². The summed E-state index contributed by atoms with van der Waals surface area (Å²) in [4.78, 5) is 14.4. The van der Waals surface area contributed by atoms with Crippen LogP contribution in [-0.4, -0.2) is 10.9 Å². The van der Waals surface area contributed by atoms with E-state index >= 15 is 0 Å². The number of benzene rings is 1. The van der Waals surface area contributed by atoms with Gasteiger partial charge in [0.1, 0.15) is 0 Å². The molecule has 0 aliphatic heterocycles. The molecule has 2 N–H and O–H groups in total. The number of halogens is 3. The van der Waals surface area contributed by atoms with Crippen LogP contribution in [-0.2, 0) is 6.54 Å². The molecule has 0 bridgehead atoms. The maximum atomic E-state index is 13.3. The summed E-state index contributed by atoms with van der Waals surface area (Å²) in [5, 5.41) is 2.40. The van der Waals surface area contributed by atoms with Crippen molar-refractivity contribution in [3.8, 4) is 0 Å². The van der Waals surface area contributed by atoms with Crippen molar-refractivity contribution in [1.29, 1.82) is 0 Å². The van der Waals surface area contributed by atoms with Crippen LogP contribution in [0.2, 0.25) is 0 Å². The summed E-state index contributed by atoms with van der Waals surface area (Å²) >= 11 is 0. The van der Waals surface area contributed by atoms with Gasteiger partial charge in [0.2, 0.25) is 0 Å². The first kappa shape index (κ1) is 12.2. The van der Waals surface area contributed by atoms with Crippen LogP contribution in [0.5, 0.6) is 0 Å². The molecule has 0 unspecified atom stereocenters. The Morgan fingerprint density at radius 2 is 1.94 bits per heavy atom. The monoisotopic (exact) mass is 254 g/mol. The topological polar surface area (TPSA) is 44.9 Å². The van der Waals surface area contributed by atoms with E-state index in [2.05, 4.69) is 10.3 Å². The second-order valence-corrected chi connectivity index (χ2v) is 3.62. The van der Waals surface area contributed by atoms with Crippen LogP contribution in [0.25, 0.3) is 0 Å². The van der Waals surface area contributed by atoms with Crippen molar-refractivity contribution in [1.82, 2.24) is 10.3 Å². The molecule has 2 aromatic rings. The van der Waals surface area contributed by atoms with Crippen molar-refractivity contribution in [2.75, 3.05) is 0 Å².